The highest BCUT2D eigenvalue weighted by atomic mass is 79.9. The molecule has 0 atom stereocenters. The number of ether oxygens (including phenoxy) is 2. The summed E-state index contributed by atoms with van der Waals surface area (Å²) in [7, 11) is 0. The number of benzene rings is 1. The third-order valence-electron chi connectivity index (χ3n) is 1.96. The van der Waals surface area contributed by atoms with Crippen LogP contribution < -0.4 is 4.74 Å². The highest BCUT2D eigenvalue weighted by Crippen LogP contribution is 2.22. The molecular formula is C12H16BrFO2. The molecule has 1 rings (SSSR count). The Morgan fingerprint density at radius 3 is 2.69 bits per heavy atom. The molecule has 90 valence electrons. The van der Waals surface area contributed by atoms with Gasteiger partial charge in [0.05, 0.1) is 12.7 Å². The molecular weight excluding hydrogens is 275 g/mol. The summed E-state index contributed by atoms with van der Waals surface area (Å²) in [5, 5.41) is 0.575. The van der Waals surface area contributed by atoms with Crippen LogP contribution >= 0.6 is 15.9 Å². The van der Waals surface area contributed by atoms with Gasteiger partial charge in [-0.1, -0.05) is 15.9 Å². The van der Waals surface area contributed by atoms with Gasteiger partial charge < -0.3 is 9.47 Å². The van der Waals surface area contributed by atoms with E-state index in [1.807, 2.05) is 13.8 Å². The van der Waals surface area contributed by atoms with Crippen molar-refractivity contribution in [3.8, 4) is 5.75 Å². The summed E-state index contributed by atoms with van der Waals surface area (Å²) in [6, 6.07) is 4.50. The van der Waals surface area contributed by atoms with Crippen molar-refractivity contribution in [3.05, 3.63) is 29.6 Å². The minimum Gasteiger partial charge on any atom is -0.491 e. The molecule has 0 spiro atoms. The SMILES string of the molecule is CC(C)OCCOc1ccc(F)cc1CBr. The van der Waals surface area contributed by atoms with E-state index in [0.717, 1.165) is 5.56 Å². The van der Waals surface area contributed by atoms with E-state index in [1.165, 1.54) is 12.1 Å². The zero-order valence-corrected chi connectivity index (χ0v) is 11.1. The molecule has 0 amide bonds. The van der Waals surface area contributed by atoms with Crippen LogP contribution in [0.4, 0.5) is 4.39 Å². The van der Waals surface area contributed by atoms with Crippen molar-refractivity contribution < 1.29 is 13.9 Å². The van der Waals surface area contributed by atoms with Crippen LogP contribution in [0.5, 0.6) is 5.75 Å². The maximum atomic E-state index is 12.9. The van der Waals surface area contributed by atoms with E-state index < -0.39 is 0 Å². The van der Waals surface area contributed by atoms with Crippen LogP contribution in [-0.2, 0) is 10.1 Å². The maximum Gasteiger partial charge on any atom is 0.123 e. The van der Waals surface area contributed by atoms with Gasteiger partial charge in [-0.15, -0.1) is 0 Å². The summed E-state index contributed by atoms with van der Waals surface area (Å²) < 4.78 is 23.8. The summed E-state index contributed by atoms with van der Waals surface area (Å²) in [5.74, 6) is 0.450. The Hall–Kier alpha value is -0.610. The first-order chi connectivity index (χ1) is 7.63. The minimum atomic E-state index is -0.250. The molecule has 0 aromatic heterocycles. The molecule has 0 unspecified atom stereocenters. The van der Waals surface area contributed by atoms with Crippen LogP contribution in [0.2, 0.25) is 0 Å². The zero-order valence-electron chi connectivity index (χ0n) is 9.50. The van der Waals surface area contributed by atoms with Gasteiger partial charge in [0.1, 0.15) is 18.2 Å². The highest BCUT2D eigenvalue weighted by molar-refractivity contribution is 9.08. The average Bonchev–Trinajstić information content (AvgIpc) is 2.25. The third kappa shape index (κ3) is 4.49. The van der Waals surface area contributed by atoms with Crippen LogP contribution in [0, 0.1) is 5.82 Å². The lowest BCUT2D eigenvalue weighted by Crippen LogP contribution is -2.11. The zero-order chi connectivity index (χ0) is 12.0. The second kappa shape index (κ2) is 6.86. The topological polar surface area (TPSA) is 18.5 Å². The van der Waals surface area contributed by atoms with Gasteiger partial charge >= 0.3 is 0 Å². The van der Waals surface area contributed by atoms with Gasteiger partial charge in [0.2, 0.25) is 0 Å². The second-order valence-corrected chi connectivity index (χ2v) is 4.21. The number of halogens is 2. The van der Waals surface area contributed by atoms with Gasteiger partial charge in [0, 0.05) is 10.9 Å². The second-order valence-electron chi connectivity index (χ2n) is 3.65. The van der Waals surface area contributed by atoms with Crippen LogP contribution in [0.1, 0.15) is 19.4 Å². The van der Waals surface area contributed by atoms with Crippen molar-refractivity contribution in [1.29, 1.82) is 0 Å². The quantitative estimate of drug-likeness (QED) is 0.589. The van der Waals surface area contributed by atoms with Crippen LogP contribution in [-0.4, -0.2) is 19.3 Å². The Kier molecular flexibility index (Phi) is 5.77. The van der Waals surface area contributed by atoms with Gasteiger partial charge in [0.25, 0.3) is 0 Å². The number of hydrogen-bond acceptors (Lipinski definition) is 2. The standard InChI is InChI=1S/C12H16BrFO2/c1-9(2)15-5-6-16-12-4-3-11(14)7-10(12)8-13/h3-4,7,9H,5-6,8H2,1-2H3. The van der Waals surface area contributed by atoms with E-state index in [-0.39, 0.29) is 11.9 Å². The van der Waals surface area contributed by atoms with Gasteiger partial charge in [-0.25, -0.2) is 4.39 Å². The number of hydrogen-bond donors (Lipinski definition) is 0. The van der Waals surface area contributed by atoms with E-state index in [0.29, 0.717) is 24.3 Å². The van der Waals surface area contributed by atoms with Crippen molar-refractivity contribution in [1.82, 2.24) is 0 Å². The summed E-state index contributed by atoms with van der Waals surface area (Å²) in [6.07, 6.45) is 0.201. The third-order valence-corrected chi connectivity index (χ3v) is 2.56. The molecule has 0 aliphatic carbocycles. The predicted molar refractivity (Wildman–Crippen MR) is 65.6 cm³/mol. The van der Waals surface area contributed by atoms with E-state index >= 15 is 0 Å². The lowest BCUT2D eigenvalue weighted by Gasteiger charge is -2.11. The molecule has 0 saturated heterocycles. The van der Waals surface area contributed by atoms with Crippen molar-refractivity contribution in [2.24, 2.45) is 0 Å². The van der Waals surface area contributed by atoms with E-state index in [9.17, 15) is 4.39 Å². The predicted octanol–water partition coefficient (Wildman–Crippen LogP) is 3.52. The van der Waals surface area contributed by atoms with Gasteiger partial charge in [0.15, 0.2) is 0 Å². The fourth-order valence-electron chi connectivity index (χ4n) is 1.23. The van der Waals surface area contributed by atoms with Crippen LogP contribution in [0.25, 0.3) is 0 Å². The molecule has 0 bridgehead atoms. The van der Waals surface area contributed by atoms with Crippen molar-refractivity contribution in [3.63, 3.8) is 0 Å². The number of alkyl halides is 1. The molecule has 1 aromatic carbocycles. The lowest BCUT2D eigenvalue weighted by atomic mass is 10.2. The Bertz CT molecular complexity index is 329. The minimum absolute atomic E-state index is 0.201. The highest BCUT2D eigenvalue weighted by Gasteiger charge is 2.04. The molecule has 0 radical (unpaired) electrons. The van der Waals surface area contributed by atoms with E-state index in [4.69, 9.17) is 9.47 Å². The van der Waals surface area contributed by atoms with Gasteiger partial charge in [-0.05, 0) is 32.0 Å². The average molecular weight is 291 g/mol. The summed E-state index contributed by atoms with van der Waals surface area (Å²) in [4.78, 5) is 0. The Morgan fingerprint density at radius 1 is 1.31 bits per heavy atom. The summed E-state index contributed by atoms with van der Waals surface area (Å²) in [5.41, 5.74) is 0.810. The molecule has 0 fully saturated rings. The van der Waals surface area contributed by atoms with E-state index in [1.54, 1.807) is 6.07 Å². The summed E-state index contributed by atoms with van der Waals surface area (Å²) >= 11 is 3.30. The van der Waals surface area contributed by atoms with Gasteiger partial charge in [-0.3, -0.25) is 0 Å². The first kappa shape index (κ1) is 13.5. The van der Waals surface area contributed by atoms with Crippen molar-refractivity contribution in [2.45, 2.75) is 25.3 Å². The number of rotatable bonds is 6. The Balaban J connectivity index is 2.47. The van der Waals surface area contributed by atoms with E-state index in [2.05, 4.69) is 15.9 Å². The molecule has 4 heteroatoms. The normalized spacial score (nSPS) is 10.8. The molecule has 0 saturated carbocycles. The lowest BCUT2D eigenvalue weighted by molar-refractivity contribution is 0.0551. The Labute approximate surface area is 104 Å². The largest absolute Gasteiger partial charge is 0.491 e. The smallest absolute Gasteiger partial charge is 0.123 e. The molecule has 0 aliphatic heterocycles. The molecule has 2 nitrogen and oxygen atoms in total. The molecule has 0 heterocycles. The fraction of sp³-hybridized carbons (Fsp3) is 0.500. The fourth-order valence-corrected chi connectivity index (χ4v) is 1.67. The monoisotopic (exact) mass is 290 g/mol. The van der Waals surface area contributed by atoms with Crippen LogP contribution in [0.3, 0.4) is 0 Å². The first-order valence-electron chi connectivity index (χ1n) is 5.22. The molecule has 16 heavy (non-hydrogen) atoms. The van der Waals surface area contributed by atoms with Crippen molar-refractivity contribution >= 4 is 15.9 Å². The van der Waals surface area contributed by atoms with Crippen molar-refractivity contribution in [2.75, 3.05) is 13.2 Å². The maximum absolute atomic E-state index is 12.9. The first-order valence-corrected chi connectivity index (χ1v) is 6.34. The van der Waals surface area contributed by atoms with Crippen LogP contribution in [0.15, 0.2) is 18.2 Å². The Morgan fingerprint density at radius 2 is 2.06 bits per heavy atom. The van der Waals surface area contributed by atoms with Gasteiger partial charge in [-0.2, -0.15) is 0 Å². The molecule has 0 N–H and O–H groups in total. The molecule has 0 aliphatic rings. The summed E-state index contributed by atoms with van der Waals surface area (Å²) in [6.45, 7) is 4.96. The molecule has 1 aromatic rings.